The summed E-state index contributed by atoms with van der Waals surface area (Å²) in [6.07, 6.45) is 5.32. The number of esters is 1. The Balaban J connectivity index is 1.72. The van der Waals surface area contributed by atoms with Crippen molar-refractivity contribution in [2.45, 2.75) is 18.8 Å². The summed E-state index contributed by atoms with van der Waals surface area (Å²) in [5.41, 5.74) is 7.13. The molecule has 2 heteroatoms. The summed E-state index contributed by atoms with van der Waals surface area (Å²) >= 11 is 0. The standard InChI is InChI=1S/C31H26O2/c1-2-33-30(32)28-19-18-24-22-31(25-14-8-4-9-15-25,26-16-10-5-11-17-26)21-20-27(24)29(28)23-12-6-3-7-13-23/h3-21H,2,22H2,1H3. The highest BCUT2D eigenvalue weighted by Crippen LogP contribution is 2.44. The Hall–Kier alpha value is -3.91. The van der Waals surface area contributed by atoms with E-state index in [0.717, 1.165) is 23.1 Å². The van der Waals surface area contributed by atoms with Gasteiger partial charge in [0.25, 0.3) is 0 Å². The Labute approximate surface area is 195 Å². The fourth-order valence-corrected chi connectivity index (χ4v) is 4.92. The number of fused-ring (bicyclic) bond motifs is 1. The van der Waals surface area contributed by atoms with Gasteiger partial charge in [-0.2, -0.15) is 0 Å². The second-order valence-corrected chi connectivity index (χ2v) is 8.36. The van der Waals surface area contributed by atoms with Crippen LogP contribution in [0, 0.1) is 0 Å². The van der Waals surface area contributed by atoms with Gasteiger partial charge in [-0.1, -0.05) is 109 Å². The second-order valence-electron chi connectivity index (χ2n) is 8.36. The molecule has 0 unspecified atom stereocenters. The van der Waals surface area contributed by atoms with Crippen molar-refractivity contribution in [3.8, 4) is 11.1 Å². The van der Waals surface area contributed by atoms with Crippen LogP contribution in [0.2, 0.25) is 0 Å². The summed E-state index contributed by atoms with van der Waals surface area (Å²) in [7, 11) is 0. The van der Waals surface area contributed by atoms with Gasteiger partial charge in [-0.15, -0.1) is 0 Å². The molecule has 0 aromatic heterocycles. The molecule has 0 fully saturated rings. The third kappa shape index (κ3) is 3.78. The molecule has 4 aromatic rings. The predicted molar refractivity (Wildman–Crippen MR) is 134 cm³/mol. The summed E-state index contributed by atoms with van der Waals surface area (Å²) < 4.78 is 5.40. The lowest BCUT2D eigenvalue weighted by Gasteiger charge is -2.36. The Morgan fingerprint density at radius 3 is 1.94 bits per heavy atom. The van der Waals surface area contributed by atoms with Gasteiger partial charge in [-0.25, -0.2) is 4.79 Å². The van der Waals surface area contributed by atoms with E-state index in [9.17, 15) is 4.79 Å². The lowest BCUT2D eigenvalue weighted by Crippen LogP contribution is -2.30. The number of ether oxygens (including phenoxy) is 1. The molecule has 0 saturated heterocycles. The molecule has 0 amide bonds. The molecule has 0 N–H and O–H groups in total. The van der Waals surface area contributed by atoms with Crippen LogP contribution in [0.25, 0.3) is 17.2 Å². The van der Waals surface area contributed by atoms with E-state index in [2.05, 4.69) is 91.0 Å². The van der Waals surface area contributed by atoms with Crippen molar-refractivity contribution in [1.29, 1.82) is 0 Å². The van der Waals surface area contributed by atoms with Crippen LogP contribution in [0.1, 0.15) is 39.5 Å². The van der Waals surface area contributed by atoms with Crippen LogP contribution in [0.5, 0.6) is 0 Å². The van der Waals surface area contributed by atoms with Crippen molar-refractivity contribution in [2.24, 2.45) is 0 Å². The van der Waals surface area contributed by atoms with Crippen molar-refractivity contribution < 1.29 is 9.53 Å². The summed E-state index contributed by atoms with van der Waals surface area (Å²) in [6, 6.07) is 35.5. The number of carbonyl (C=O) groups excluding carboxylic acids is 1. The monoisotopic (exact) mass is 430 g/mol. The van der Waals surface area contributed by atoms with Gasteiger partial charge in [0.05, 0.1) is 12.2 Å². The van der Waals surface area contributed by atoms with Crippen LogP contribution in [0.15, 0.2) is 109 Å². The van der Waals surface area contributed by atoms with E-state index in [1.807, 2.05) is 31.2 Å². The Morgan fingerprint density at radius 2 is 1.36 bits per heavy atom. The minimum atomic E-state index is -0.282. The number of allylic oxidation sites excluding steroid dienone is 1. The van der Waals surface area contributed by atoms with Crippen LogP contribution in [0.4, 0.5) is 0 Å². The van der Waals surface area contributed by atoms with Crippen LogP contribution >= 0.6 is 0 Å². The Kier molecular flexibility index (Phi) is 5.66. The van der Waals surface area contributed by atoms with Crippen molar-refractivity contribution in [3.63, 3.8) is 0 Å². The molecule has 0 spiro atoms. The van der Waals surface area contributed by atoms with Gasteiger partial charge in [0.1, 0.15) is 0 Å². The van der Waals surface area contributed by atoms with Crippen molar-refractivity contribution in [2.75, 3.05) is 6.61 Å². The van der Waals surface area contributed by atoms with Crippen LogP contribution in [-0.4, -0.2) is 12.6 Å². The van der Waals surface area contributed by atoms with Crippen LogP contribution in [0.3, 0.4) is 0 Å². The molecule has 0 bridgehead atoms. The van der Waals surface area contributed by atoms with E-state index in [0.29, 0.717) is 12.2 Å². The molecule has 0 heterocycles. The highest BCUT2D eigenvalue weighted by atomic mass is 16.5. The Bertz CT molecular complexity index is 1250. The maximum atomic E-state index is 12.8. The molecular weight excluding hydrogens is 404 g/mol. The largest absolute Gasteiger partial charge is 0.462 e. The summed E-state index contributed by atoms with van der Waals surface area (Å²) in [4.78, 5) is 12.8. The number of rotatable bonds is 5. The molecule has 1 aliphatic rings. The molecule has 0 atom stereocenters. The maximum absolute atomic E-state index is 12.8. The highest BCUT2D eigenvalue weighted by Gasteiger charge is 2.36. The lowest BCUT2D eigenvalue weighted by molar-refractivity contribution is 0.0527. The van der Waals surface area contributed by atoms with E-state index in [4.69, 9.17) is 4.74 Å². The molecule has 4 aromatic carbocycles. The van der Waals surface area contributed by atoms with Crippen LogP contribution in [-0.2, 0) is 16.6 Å². The van der Waals surface area contributed by atoms with E-state index in [1.165, 1.54) is 16.7 Å². The van der Waals surface area contributed by atoms with Gasteiger partial charge in [-0.3, -0.25) is 0 Å². The molecule has 162 valence electrons. The molecule has 0 radical (unpaired) electrons. The topological polar surface area (TPSA) is 26.3 Å². The lowest BCUT2D eigenvalue weighted by atomic mass is 9.66. The SMILES string of the molecule is CCOC(=O)c1ccc2c(c1-c1ccccc1)C=CC(c1ccccc1)(c1ccccc1)C2. The van der Waals surface area contributed by atoms with Crippen molar-refractivity contribution >= 4 is 12.0 Å². The number of hydrogen-bond donors (Lipinski definition) is 0. The molecule has 33 heavy (non-hydrogen) atoms. The van der Waals surface area contributed by atoms with Gasteiger partial charge >= 0.3 is 5.97 Å². The number of hydrogen-bond acceptors (Lipinski definition) is 2. The van der Waals surface area contributed by atoms with E-state index >= 15 is 0 Å². The second kappa shape index (κ2) is 8.91. The molecular formula is C31H26O2. The summed E-state index contributed by atoms with van der Waals surface area (Å²) in [5.74, 6) is -0.282. The summed E-state index contributed by atoms with van der Waals surface area (Å²) in [6.45, 7) is 2.19. The fourth-order valence-electron chi connectivity index (χ4n) is 4.92. The van der Waals surface area contributed by atoms with E-state index in [1.54, 1.807) is 0 Å². The first-order valence-corrected chi connectivity index (χ1v) is 11.4. The predicted octanol–water partition coefficient (Wildman–Crippen LogP) is 7.09. The molecule has 0 aliphatic heterocycles. The molecule has 2 nitrogen and oxygen atoms in total. The first kappa shape index (κ1) is 21.0. The minimum Gasteiger partial charge on any atom is -0.462 e. The van der Waals surface area contributed by atoms with Crippen molar-refractivity contribution in [1.82, 2.24) is 0 Å². The van der Waals surface area contributed by atoms with Gasteiger partial charge in [0, 0.05) is 11.0 Å². The van der Waals surface area contributed by atoms with Gasteiger partial charge in [0.2, 0.25) is 0 Å². The molecule has 1 aliphatic carbocycles. The third-order valence-corrected chi connectivity index (χ3v) is 6.48. The average Bonchev–Trinajstić information content (AvgIpc) is 2.89. The van der Waals surface area contributed by atoms with Gasteiger partial charge < -0.3 is 4.74 Å². The van der Waals surface area contributed by atoms with Crippen LogP contribution < -0.4 is 0 Å². The van der Waals surface area contributed by atoms with Gasteiger partial charge in [0.15, 0.2) is 0 Å². The zero-order valence-corrected chi connectivity index (χ0v) is 18.7. The Morgan fingerprint density at radius 1 is 0.788 bits per heavy atom. The minimum absolute atomic E-state index is 0.269. The van der Waals surface area contributed by atoms with E-state index < -0.39 is 0 Å². The number of benzene rings is 4. The highest BCUT2D eigenvalue weighted by molar-refractivity contribution is 6.00. The fraction of sp³-hybridized carbons (Fsp3) is 0.129. The normalized spacial score (nSPS) is 13.8. The average molecular weight is 431 g/mol. The van der Waals surface area contributed by atoms with Gasteiger partial charge in [-0.05, 0) is 47.2 Å². The quantitative estimate of drug-likeness (QED) is 0.316. The molecule has 0 saturated carbocycles. The third-order valence-electron chi connectivity index (χ3n) is 6.48. The maximum Gasteiger partial charge on any atom is 0.338 e. The number of carbonyl (C=O) groups is 1. The molecule has 5 rings (SSSR count). The first-order valence-electron chi connectivity index (χ1n) is 11.4. The summed E-state index contributed by atoms with van der Waals surface area (Å²) in [5, 5.41) is 0. The zero-order chi connectivity index (χ0) is 22.7. The van der Waals surface area contributed by atoms with Crippen molar-refractivity contribution in [3.05, 3.63) is 137 Å². The van der Waals surface area contributed by atoms with E-state index in [-0.39, 0.29) is 11.4 Å². The first-order chi connectivity index (χ1) is 16.2. The zero-order valence-electron chi connectivity index (χ0n) is 18.7. The smallest absolute Gasteiger partial charge is 0.338 e.